The molecule has 20 heavy (non-hydrogen) atoms. The van der Waals surface area contributed by atoms with Gasteiger partial charge in [0, 0.05) is 24.8 Å². The van der Waals surface area contributed by atoms with Crippen molar-refractivity contribution in [3.05, 3.63) is 23.2 Å². The van der Waals surface area contributed by atoms with Gasteiger partial charge in [-0.2, -0.15) is 0 Å². The smallest absolute Gasteiger partial charge is 0.193 e. The van der Waals surface area contributed by atoms with Gasteiger partial charge in [0.15, 0.2) is 5.96 Å². The number of benzene rings is 1. The summed E-state index contributed by atoms with van der Waals surface area (Å²) < 4.78 is 10.4. The fourth-order valence-electron chi connectivity index (χ4n) is 1.89. The Morgan fingerprint density at radius 1 is 1.60 bits per heavy atom. The van der Waals surface area contributed by atoms with Crippen LogP contribution in [-0.2, 0) is 4.74 Å². The summed E-state index contributed by atoms with van der Waals surface area (Å²) in [6.07, 6.45) is 1.05. The molecule has 1 heterocycles. The molecule has 0 aliphatic carbocycles. The van der Waals surface area contributed by atoms with E-state index < -0.39 is 0 Å². The Labute approximate surface area is 140 Å². The molecule has 1 aromatic carbocycles. The number of aliphatic imine (C=N–C) groups is 1. The molecule has 0 spiro atoms. The monoisotopic (exact) mass is 411 g/mol. The van der Waals surface area contributed by atoms with Crippen molar-refractivity contribution in [1.82, 2.24) is 0 Å². The van der Waals surface area contributed by atoms with Crippen LogP contribution in [0.4, 0.5) is 5.69 Å². The number of guanidine groups is 1. The third-order valence-corrected chi connectivity index (χ3v) is 3.26. The quantitative estimate of drug-likeness (QED) is 0.454. The summed E-state index contributed by atoms with van der Waals surface area (Å²) in [6, 6.07) is 5.37. The second-order valence-corrected chi connectivity index (χ2v) is 4.84. The molecule has 2 rings (SSSR count). The van der Waals surface area contributed by atoms with Gasteiger partial charge in [0.1, 0.15) is 5.75 Å². The standard InChI is InChI=1S/C13H18ClN3O2.HI/c1-18-12-3-2-10(6-11(12)14)17-13(15)16-7-9-4-5-19-8-9;/h2-3,6,9H,4-5,7-8H2,1H3,(H3,15,16,17);1H. The summed E-state index contributed by atoms with van der Waals surface area (Å²) in [5.41, 5.74) is 6.61. The molecule has 0 aromatic heterocycles. The third-order valence-electron chi connectivity index (χ3n) is 2.97. The minimum atomic E-state index is 0. The number of halogens is 2. The van der Waals surface area contributed by atoms with Crippen LogP contribution in [0.2, 0.25) is 5.02 Å². The normalized spacial score (nSPS) is 18.5. The van der Waals surface area contributed by atoms with E-state index in [0.29, 0.717) is 29.2 Å². The summed E-state index contributed by atoms with van der Waals surface area (Å²) >= 11 is 6.03. The van der Waals surface area contributed by atoms with Gasteiger partial charge in [0.05, 0.1) is 18.7 Å². The number of hydrogen-bond donors (Lipinski definition) is 2. The van der Waals surface area contributed by atoms with Crippen LogP contribution in [-0.4, -0.2) is 32.8 Å². The van der Waals surface area contributed by atoms with Crippen LogP contribution in [0.1, 0.15) is 6.42 Å². The fourth-order valence-corrected chi connectivity index (χ4v) is 2.14. The largest absolute Gasteiger partial charge is 0.495 e. The number of hydrogen-bond acceptors (Lipinski definition) is 3. The van der Waals surface area contributed by atoms with Crippen molar-refractivity contribution in [2.24, 2.45) is 16.6 Å². The van der Waals surface area contributed by atoms with Gasteiger partial charge in [-0.3, -0.25) is 4.99 Å². The molecule has 3 N–H and O–H groups in total. The molecule has 1 fully saturated rings. The maximum Gasteiger partial charge on any atom is 0.193 e. The van der Waals surface area contributed by atoms with Gasteiger partial charge in [0.25, 0.3) is 0 Å². The lowest BCUT2D eigenvalue weighted by Gasteiger charge is -2.09. The van der Waals surface area contributed by atoms with Crippen molar-refractivity contribution in [3.63, 3.8) is 0 Å². The van der Waals surface area contributed by atoms with Crippen LogP contribution < -0.4 is 15.8 Å². The van der Waals surface area contributed by atoms with E-state index in [9.17, 15) is 0 Å². The topological polar surface area (TPSA) is 68.9 Å². The average Bonchev–Trinajstić information content (AvgIpc) is 2.90. The van der Waals surface area contributed by atoms with E-state index in [1.54, 1.807) is 19.2 Å². The number of anilines is 1. The van der Waals surface area contributed by atoms with Gasteiger partial charge in [-0.15, -0.1) is 24.0 Å². The number of nitrogens with one attached hydrogen (secondary N) is 1. The molecule has 1 saturated heterocycles. The highest BCUT2D eigenvalue weighted by Gasteiger charge is 2.14. The van der Waals surface area contributed by atoms with Crippen LogP contribution in [0.15, 0.2) is 23.2 Å². The lowest BCUT2D eigenvalue weighted by Crippen LogP contribution is -2.24. The van der Waals surface area contributed by atoms with Crippen LogP contribution in [0.5, 0.6) is 5.75 Å². The van der Waals surface area contributed by atoms with Crippen LogP contribution >= 0.6 is 35.6 Å². The van der Waals surface area contributed by atoms with Crippen molar-refractivity contribution < 1.29 is 9.47 Å². The highest BCUT2D eigenvalue weighted by atomic mass is 127. The van der Waals surface area contributed by atoms with Gasteiger partial charge in [-0.05, 0) is 24.6 Å². The van der Waals surface area contributed by atoms with Crippen molar-refractivity contribution >= 4 is 47.2 Å². The molecule has 0 amide bonds. The second kappa shape index (κ2) is 8.53. The van der Waals surface area contributed by atoms with E-state index in [1.807, 2.05) is 6.07 Å². The molecule has 1 aliphatic rings. The Balaban J connectivity index is 0.00000200. The van der Waals surface area contributed by atoms with Crippen molar-refractivity contribution in [2.75, 3.05) is 32.2 Å². The second-order valence-electron chi connectivity index (χ2n) is 4.43. The Morgan fingerprint density at radius 2 is 2.40 bits per heavy atom. The lowest BCUT2D eigenvalue weighted by molar-refractivity contribution is 0.187. The molecule has 5 nitrogen and oxygen atoms in total. The van der Waals surface area contributed by atoms with Gasteiger partial charge in [0.2, 0.25) is 0 Å². The van der Waals surface area contributed by atoms with E-state index in [2.05, 4.69) is 10.3 Å². The minimum Gasteiger partial charge on any atom is -0.495 e. The highest BCUT2D eigenvalue weighted by molar-refractivity contribution is 14.0. The molecule has 1 aliphatic heterocycles. The third kappa shape index (κ3) is 4.99. The van der Waals surface area contributed by atoms with Crippen LogP contribution in [0, 0.1) is 5.92 Å². The first-order valence-corrected chi connectivity index (χ1v) is 6.55. The molecular weight excluding hydrogens is 393 g/mol. The molecule has 1 atom stereocenters. The van der Waals surface area contributed by atoms with Crippen molar-refractivity contribution in [1.29, 1.82) is 0 Å². The molecule has 1 aromatic rings. The first kappa shape index (κ1) is 17.3. The molecule has 112 valence electrons. The van der Waals surface area contributed by atoms with E-state index >= 15 is 0 Å². The minimum absolute atomic E-state index is 0. The number of nitrogens with two attached hydrogens (primary N) is 1. The summed E-state index contributed by atoms with van der Waals surface area (Å²) in [6.45, 7) is 2.27. The molecule has 7 heteroatoms. The molecule has 0 bridgehead atoms. The number of rotatable bonds is 4. The van der Waals surface area contributed by atoms with E-state index in [-0.39, 0.29) is 24.0 Å². The van der Waals surface area contributed by atoms with Crippen molar-refractivity contribution in [3.8, 4) is 5.75 Å². The predicted molar refractivity (Wildman–Crippen MR) is 92.5 cm³/mol. The summed E-state index contributed by atoms with van der Waals surface area (Å²) in [5, 5.41) is 3.54. The van der Waals surface area contributed by atoms with Gasteiger partial charge in [-0.25, -0.2) is 0 Å². The molecule has 1 unspecified atom stereocenters. The lowest BCUT2D eigenvalue weighted by atomic mass is 10.1. The van der Waals surface area contributed by atoms with Gasteiger partial charge >= 0.3 is 0 Å². The van der Waals surface area contributed by atoms with Crippen molar-refractivity contribution in [2.45, 2.75) is 6.42 Å². The zero-order valence-electron chi connectivity index (χ0n) is 11.3. The Kier molecular flexibility index (Phi) is 7.39. The number of methoxy groups -OCH3 is 1. The Bertz CT molecular complexity index is 465. The van der Waals surface area contributed by atoms with Gasteiger partial charge < -0.3 is 20.5 Å². The average molecular weight is 412 g/mol. The van der Waals surface area contributed by atoms with E-state index in [4.69, 9.17) is 26.8 Å². The van der Waals surface area contributed by atoms with E-state index in [0.717, 1.165) is 25.3 Å². The summed E-state index contributed by atoms with van der Waals surface area (Å²) in [7, 11) is 1.58. The van der Waals surface area contributed by atoms with Gasteiger partial charge in [-0.1, -0.05) is 11.6 Å². The highest BCUT2D eigenvalue weighted by Crippen LogP contribution is 2.27. The summed E-state index contributed by atoms with van der Waals surface area (Å²) in [5.74, 6) is 1.48. The zero-order valence-corrected chi connectivity index (χ0v) is 14.4. The Morgan fingerprint density at radius 3 is 3.00 bits per heavy atom. The fraction of sp³-hybridized carbons (Fsp3) is 0.462. The SMILES string of the molecule is COc1ccc(NC(N)=NCC2CCOC2)cc1Cl.I. The molecular formula is C13H19ClIN3O2. The molecule has 0 saturated carbocycles. The maximum absolute atomic E-state index is 6.03. The molecule has 0 radical (unpaired) electrons. The number of nitrogens with zero attached hydrogens (tertiary/aromatic N) is 1. The van der Waals surface area contributed by atoms with Crippen LogP contribution in [0.25, 0.3) is 0 Å². The van der Waals surface area contributed by atoms with Crippen LogP contribution in [0.3, 0.4) is 0 Å². The first-order chi connectivity index (χ1) is 9.19. The maximum atomic E-state index is 6.03. The predicted octanol–water partition coefficient (Wildman–Crippen LogP) is 2.73. The zero-order chi connectivity index (χ0) is 13.7. The Hall–Kier alpha value is -0.730. The van der Waals surface area contributed by atoms with E-state index in [1.165, 1.54) is 0 Å². The number of ether oxygens (including phenoxy) is 2. The summed E-state index contributed by atoms with van der Waals surface area (Å²) in [4.78, 5) is 4.30. The first-order valence-electron chi connectivity index (χ1n) is 6.17.